The Morgan fingerprint density at radius 3 is 2.26 bits per heavy atom. The number of carbonyl (C=O) groups excluding carboxylic acids is 1. The van der Waals surface area contributed by atoms with Gasteiger partial charge in [-0.2, -0.15) is 4.72 Å². The molecule has 2 rings (SSSR count). The molecule has 0 spiro atoms. The maximum absolute atomic E-state index is 12.4. The van der Waals surface area contributed by atoms with Gasteiger partial charge in [0.1, 0.15) is 6.04 Å². The van der Waals surface area contributed by atoms with Gasteiger partial charge in [-0.05, 0) is 31.0 Å². The Kier molecular flexibility index (Phi) is 5.49. The van der Waals surface area contributed by atoms with Crippen molar-refractivity contribution < 1.29 is 18.4 Å². The second-order valence-electron chi connectivity index (χ2n) is 5.15. The molecule has 3 N–H and O–H groups in total. The third kappa shape index (κ3) is 4.62. The first-order chi connectivity index (χ1) is 10.9. The van der Waals surface area contributed by atoms with Crippen LogP contribution in [0.5, 0.6) is 0 Å². The van der Waals surface area contributed by atoms with Gasteiger partial charge in [-0.3, -0.25) is 10.0 Å². The van der Waals surface area contributed by atoms with Crippen LogP contribution < -0.4 is 10.2 Å². The van der Waals surface area contributed by atoms with Crippen molar-refractivity contribution in [2.75, 3.05) is 0 Å². The predicted molar refractivity (Wildman–Crippen MR) is 85.4 cm³/mol. The molecule has 0 bridgehead atoms. The Balaban J connectivity index is 2.23. The molecule has 0 aromatic heterocycles. The minimum atomic E-state index is -3.87. The number of amides is 1. The lowest BCUT2D eigenvalue weighted by Gasteiger charge is -2.17. The van der Waals surface area contributed by atoms with Crippen molar-refractivity contribution >= 4 is 15.9 Å². The maximum atomic E-state index is 12.4. The molecule has 23 heavy (non-hydrogen) atoms. The SMILES string of the molecule is Cc1ccc(S(=O)(=O)NC(Cc2ccccc2)C(=O)NO)cc1. The third-order valence-electron chi connectivity index (χ3n) is 3.34. The summed E-state index contributed by atoms with van der Waals surface area (Å²) in [5.74, 6) is -0.815. The lowest BCUT2D eigenvalue weighted by Crippen LogP contribution is -2.47. The highest BCUT2D eigenvalue weighted by atomic mass is 32.2. The number of sulfonamides is 1. The summed E-state index contributed by atoms with van der Waals surface area (Å²) in [4.78, 5) is 11.9. The van der Waals surface area contributed by atoms with E-state index >= 15 is 0 Å². The summed E-state index contributed by atoms with van der Waals surface area (Å²) in [7, 11) is -3.87. The van der Waals surface area contributed by atoms with Crippen molar-refractivity contribution in [2.45, 2.75) is 24.3 Å². The van der Waals surface area contributed by atoms with Gasteiger partial charge in [-0.25, -0.2) is 13.9 Å². The number of hydroxylamine groups is 1. The van der Waals surface area contributed by atoms with Crippen LogP contribution in [0.1, 0.15) is 11.1 Å². The molecular formula is C16H18N2O4S. The molecule has 2 aromatic carbocycles. The van der Waals surface area contributed by atoms with Crippen LogP contribution in [-0.4, -0.2) is 25.6 Å². The summed E-state index contributed by atoms with van der Waals surface area (Å²) in [6.45, 7) is 1.85. The molecule has 0 saturated carbocycles. The van der Waals surface area contributed by atoms with Crippen LogP contribution in [0.25, 0.3) is 0 Å². The van der Waals surface area contributed by atoms with Crippen LogP contribution in [0.15, 0.2) is 59.5 Å². The summed E-state index contributed by atoms with van der Waals surface area (Å²) < 4.78 is 27.1. The van der Waals surface area contributed by atoms with Crippen molar-refractivity contribution in [3.05, 3.63) is 65.7 Å². The van der Waals surface area contributed by atoms with E-state index in [4.69, 9.17) is 5.21 Å². The van der Waals surface area contributed by atoms with Crippen molar-refractivity contribution in [2.24, 2.45) is 0 Å². The van der Waals surface area contributed by atoms with E-state index in [1.807, 2.05) is 13.0 Å². The second-order valence-corrected chi connectivity index (χ2v) is 6.87. The highest BCUT2D eigenvalue weighted by molar-refractivity contribution is 7.89. The second kappa shape index (κ2) is 7.36. The highest BCUT2D eigenvalue weighted by Crippen LogP contribution is 2.12. The van der Waals surface area contributed by atoms with E-state index in [1.54, 1.807) is 36.4 Å². The van der Waals surface area contributed by atoms with Crippen LogP contribution >= 0.6 is 0 Å². The normalized spacial score (nSPS) is 12.6. The molecule has 2 aromatic rings. The van der Waals surface area contributed by atoms with E-state index in [0.29, 0.717) is 0 Å². The van der Waals surface area contributed by atoms with Gasteiger partial charge >= 0.3 is 0 Å². The maximum Gasteiger partial charge on any atom is 0.261 e. The number of rotatable bonds is 6. The number of carbonyl (C=O) groups is 1. The molecule has 0 aliphatic heterocycles. The van der Waals surface area contributed by atoms with Gasteiger partial charge in [0, 0.05) is 0 Å². The van der Waals surface area contributed by atoms with Crippen LogP contribution in [0.4, 0.5) is 0 Å². The van der Waals surface area contributed by atoms with Gasteiger partial charge in [-0.1, -0.05) is 48.0 Å². The van der Waals surface area contributed by atoms with Crippen molar-refractivity contribution in [1.82, 2.24) is 10.2 Å². The fourth-order valence-electron chi connectivity index (χ4n) is 2.09. The van der Waals surface area contributed by atoms with Crippen molar-refractivity contribution in [3.8, 4) is 0 Å². The van der Waals surface area contributed by atoms with Crippen LogP contribution in [0.3, 0.4) is 0 Å². The first-order valence-electron chi connectivity index (χ1n) is 6.99. The summed E-state index contributed by atoms with van der Waals surface area (Å²) in [5.41, 5.74) is 3.20. The lowest BCUT2D eigenvalue weighted by atomic mass is 10.1. The number of aryl methyl sites for hydroxylation is 1. The molecule has 0 saturated heterocycles. The molecule has 1 unspecified atom stereocenters. The van der Waals surface area contributed by atoms with Crippen LogP contribution in [0.2, 0.25) is 0 Å². The van der Waals surface area contributed by atoms with E-state index in [-0.39, 0.29) is 11.3 Å². The Hall–Kier alpha value is -2.22. The minimum Gasteiger partial charge on any atom is -0.289 e. The summed E-state index contributed by atoms with van der Waals surface area (Å²) in [6, 6.07) is 14.1. The Bertz CT molecular complexity index is 758. The third-order valence-corrected chi connectivity index (χ3v) is 4.83. The molecule has 1 atom stereocenters. The first-order valence-corrected chi connectivity index (χ1v) is 8.47. The smallest absolute Gasteiger partial charge is 0.261 e. The topological polar surface area (TPSA) is 95.5 Å². The van der Waals surface area contributed by atoms with E-state index in [9.17, 15) is 13.2 Å². The monoisotopic (exact) mass is 334 g/mol. The summed E-state index contributed by atoms with van der Waals surface area (Å²) >= 11 is 0. The number of nitrogens with one attached hydrogen (secondary N) is 2. The molecular weight excluding hydrogens is 316 g/mol. The zero-order valence-corrected chi connectivity index (χ0v) is 13.4. The van der Waals surface area contributed by atoms with Gasteiger partial charge in [-0.15, -0.1) is 0 Å². The van der Waals surface area contributed by atoms with Gasteiger partial charge in [0.15, 0.2) is 0 Å². The standard InChI is InChI=1S/C16H18N2O4S/c1-12-7-9-14(10-8-12)23(21,22)18-15(16(19)17-20)11-13-5-3-2-4-6-13/h2-10,15,18,20H,11H2,1H3,(H,17,19). The van der Waals surface area contributed by atoms with E-state index in [0.717, 1.165) is 11.1 Å². The molecule has 122 valence electrons. The van der Waals surface area contributed by atoms with E-state index in [1.165, 1.54) is 17.6 Å². The average molecular weight is 334 g/mol. The van der Waals surface area contributed by atoms with Crippen LogP contribution in [0, 0.1) is 6.92 Å². The average Bonchev–Trinajstić information content (AvgIpc) is 2.54. The zero-order valence-electron chi connectivity index (χ0n) is 12.6. The molecule has 6 nitrogen and oxygen atoms in total. The summed E-state index contributed by atoms with van der Waals surface area (Å²) in [5, 5.41) is 8.85. The lowest BCUT2D eigenvalue weighted by molar-refractivity contribution is -0.130. The molecule has 0 heterocycles. The van der Waals surface area contributed by atoms with E-state index < -0.39 is 22.0 Å². The fraction of sp³-hybridized carbons (Fsp3) is 0.188. The van der Waals surface area contributed by atoms with E-state index in [2.05, 4.69) is 4.72 Å². The fourth-order valence-corrected chi connectivity index (χ4v) is 3.28. The van der Waals surface area contributed by atoms with Crippen LogP contribution in [-0.2, 0) is 21.2 Å². The minimum absolute atomic E-state index is 0.0619. The number of hydrogen-bond donors (Lipinski definition) is 3. The largest absolute Gasteiger partial charge is 0.289 e. The quantitative estimate of drug-likeness (QED) is 0.549. The number of benzene rings is 2. The van der Waals surface area contributed by atoms with Crippen molar-refractivity contribution in [1.29, 1.82) is 0 Å². The predicted octanol–water partition coefficient (Wildman–Crippen LogP) is 1.39. The highest BCUT2D eigenvalue weighted by Gasteiger charge is 2.25. The summed E-state index contributed by atoms with van der Waals surface area (Å²) in [6.07, 6.45) is 0.123. The molecule has 0 aliphatic rings. The van der Waals surface area contributed by atoms with Crippen molar-refractivity contribution in [3.63, 3.8) is 0 Å². The van der Waals surface area contributed by atoms with Gasteiger partial charge < -0.3 is 0 Å². The molecule has 0 radical (unpaired) electrons. The zero-order chi connectivity index (χ0) is 16.9. The first kappa shape index (κ1) is 17.1. The molecule has 7 heteroatoms. The molecule has 1 amide bonds. The van der Waals surface area contributed by atoms with Gasteiger partial charge in [0.2, 0.25) is 10.0 Å². The molecule has 0 aliphatic carbocycles. The number of hydrogen-bond acceptors (Lipinski definition) is 4. The van der Waals surface area contributed by atoms with Gasteiger partial charge in [0.05, 0.1) is 4.90 Å². The molecule has 0 fully saturated rings. The Morgan fingerprint density at radius 1 is 1.09 bits per heavy atom. The Labute approximate surface area is 135 Å². The Morgan fingerprint density at radius 2 is 1.70 bits per heavy atom. The van der Waals surface area contributed by atoms with Gasteiger partial charge in [0.25, 0.3) is 5.91 Å².